The van der Waals surface area contributed by atoms with E-state index in [0.29, 0.717) is 12.0 Å². The molecule has 1 aliphatic heterocycles. The van der Waals surface area contributed by atoms with E-state index >= 15 is 0 Å². The summed E-state index contributed by atoms with van der Waals surface area (Å²) in [5.74, 6) is 0.833. The molecule has 0 bridgehead atoms. The summed E-state index contributed by atoms with van der Waals surface area (Å²) < 4.78 is 5.54. The predicted octanol–water partition coefficient (Wildman–Crippen LogP) is 2.60. The van der Waals surface area contributed by atoms with Crippen LogP contribution in [0.25, 0.3) is 0 Å². The van der Waals surface area contributed by atoms with E-state index in [1.165, 1.54) is 36.8 Å². The zero-order valence-electron chi connectivity index (χ0n) is 10.3. The van der Waals surface area contributed by atoms with E-state index in [-0.39, 0.29) is 0 Å². The highest BCUT2D eigenvalue weighted by molar-refractivity contribution is 5.32. The van der Waals surface area contributed by atoms with Gasteiger partial charge in [0, 0.05) is 12.0 Å². The fourth-order valence-electron chi connectivity index (χ4n) is 3.41. The number of rotatable bonds is 3. The van der Waals surface area contributed by atoms with Crippen molar-refractivity contribution in [3.63, 3.8) is 0 Å². The number of ether oxygens (including phenoxy) is 1. The van der Waals surface area contributed by atoms with E-state index in [1.54, 1.807) is 0 Å². The second kappa shape index (κ2) is 4.43. The maximum atomic E-state index is 5.65. The van der Waals surface area contributed by atoms with Gasteiger partial charge in [0.15, 0.2) is 0 Å². The Balaban J connectivity index is 1.88. The van der Waals surface area contributed by atoms with Crippen molar-refractivity contribution < 1.29 is 4.74 Å². The van der Waals surface area contributed by atoms with Crippen molar-refractivity contribution in [3.8, 4) is 0 Å². The normalized spacial score (nSPS) is 23.6. The zero-order chi connectivity index (χ0) is 11.7. The Labute approximate surface area is 103 Å². The summed E-state index contributed by atoms with van der Waals surface area (Å²) in [5, 5.41) is 0. The van der Waals surface area contributed by atoms with Gasteiger partial charge in [0.2, 0.25) is 0 Å². The van der Waals surface area contributed by atoms with Crippen molar-refractivity contribution >= 4 is 0 Å². The van der Waals surface area contributed by atoms with Crippen molar-refractivity contribution in [1.29, 1.82) is 0 Å². The Morgan fingerprint density at radius 3 is 2.24 bits per heavy atom. The highest BCUT2D eigenvalue weighted by atomic mass is 16.5. The minimum absolute atomic E-state index is 0.323. The lowest BCUT2D eigenvalue weighted by Crippen LogP contribution is -2.51. The van der Waals surface area contributed by atoms with E-state index in [4.69, 9.17) is 10.5 Å². The smallest absolute Gasteiger partial charge is 0.0588 e. The number of hydrogen-bond acceptors (Lipinski definition) is 2. The summed E-state index contributed by atoms with van der Waals surface area (Å²) in [6.45, 7) is 2.46. The van der Waals surface area contributed by atoms with Crippen LogP contribution in [0.5, 0.6) is 0 Å². The average molecular weight is 231 g/mol. The van der Waals surface area contributed by atoms with Crippen LogP contribution in [-0.2, 0) is 16.7 Å². The molecule has 1 aromatic rings. The van der Waals surface area contributed by atoms with E-state index in [2.05, 4.69) is 24.3 Å². The van der Waals surface area contributed by atoms with Crippen molar-refractivity contribution in [2.75, 3.05) is 13.2 Å². The van der Waals surface area contributed by atoms with Crippen LogP contribution in [0.4, 0.5) is 0 Å². The van der Waals surface area contributed by atoms with Gasteiger partial charge in [-0.15, -0.1) is 0 Å². The largest absolute Gasteiger partial charge is 0.379 e. The van der Waals surface area contributed by atoms with Crippen LogP contribution < -0.4 is 5.73 Å². The Morgan fingerprint density at radius 2 is 1.76 bits per heavy atom. The van der Waals surface area contributed by atoms with Gasteiger partial charge in [-0.05, 0) is 29.9 Å². The molecular weight excluding hydrogens is 210 g/mol. The van der Waals surface area contributed by atoms with E-state index < -0.39 is 0 Å². The maximum Gasteiger partial charge on any atom is 0.0588 e. The minimum Gasteiger partial charge on any atom is -0.379 e. The molecule has 2 N–H and O–H groups in total. The van der Waals surface area contributed by atoms with Crippen molar-refractivity contribution in [2.24, 2.45) is 11.7 Å². The molecule has 92 valence electrons. The summed E-state index contributed by atoms with van der Waals surface area (Å²) in [5.41, 5.74) is 8.66. The number of hydrogen-bond donors (Lipinski definition) is 1. The van der Waals surface area contributed by atoms with Crippen LogP contribution in [0.1, 0.15) is 36.8 Å². The molecule has 1 heterocycles. The third-order valence-corrected chi connectivity index (χ3v) is 4.62. The average Bonchev–Trinajstić information content (AvgIpc) is 2.83. The molecule has 0 radical (unpaired) electrons. The number of nitrogens with two attached hydrogens (primary N) is 1. The second-order valence-electron chi connectivity index (χ2n) is 5.53. The Bertz CT molecular complexity index is 374. The maximum absolute atomic E-state index is 5.65. The van der Waals surface area contributed by atoms with Crippen LogP contribution in [0.15, 0.2) is 24.3 Å². The van der Waals surface area contributed by atoms with Crippen LogP contribution in [0.2, 0.25) is 0 Å². The third-order valence-electron chi connectivity index (χ3n) is 4.62. The first-order valence-electron chi connectivity index (χ1n) is 6.72. The molecule has 1 saturated carbocycles. The first kappa shape index (κ1) is 11.2. The van der Waals surface area contributed by atoms with Gasteiger partial charge in [-0.2, -0.15) is 0 Å². The zero-order valence-corrected chi connectivity index (χ0v) is 10.3. The molecule has 1 aromatic carbocycles. The van der Waals surface area contributed by atoms with Crippen LogP contribution >= 0.6 is 0 Å². The molecule has 0 aromatic heterocycles. The van der Waals surface area contributed by atoms with Crippen molar-refractivity contribution in [3.05, 3.63) is 35.4 Å². The molecule has 0 spiro atoms. The summed E-state index contributed by atoms with van der Waals surface area (Å²) in [6.07, 6.45) is 5.55. The van der Waals surface area contributed by atoms with E-state index in [1.807, 2.05) is 0 Å². The highest BCUT2D eigenvalue weighted by Crippen LogP contribution is 2.46. The number of benzene rings is 1. The second-order valence-corrected chi connectivity index (χ2v) is 5.53. The van der Waals surface area contributed by atoms with Crippen LogP contribution in [-0.4, -0.2) is 13.2 Å². The molecule has 17 heavy (non-hydrogen) atoms. The predicted molar refractivity (Wildman–Crippen MR) is 68.8 cm³/mol. The molecule has 2 nitrogen and oxygen atoms in total. The topological polar surface area (TPSA) is 35.2 Å². The Hall–Kier alpha value is -0.860. The molecule has 3 rings (SSSR count). The van der Waals surface area contributed by atoms with Crippen LogP contribution in [0, 0.1) is 5.92 Å². The van der Waals surface area contributed by atoms with Gasteiger partial charge in [0.1, 0.15) is 0 Å². The van der Waals surface area contributed by atoms with Gasteiger partial charge >= 0.3 is 0 Å². The van der Waals surface area contributed by atoms with E-state index in [0.717, 1.165) is 19.1 Å². The van der Waals surface area contributed by atoms with Gasteiger partial charge in [0.25, 0.3) is 0 Å². The Kier molecular flexibility index (Phi) is 2.93. The fraction of sp³-hybridized carbons (Fsp3) is 0.600. The molecule has 1 saturated heterocycles. The quantitative estimate of drug-likeness (QED) is 0.868. The van der Waals surface area contributed by atoms with Gasteiger partial charge in [-0.3, -0.25) is 0 Å². The third kappa shape index (κ3) is 1.80. The SMILES string of the molecule is NCc1ccc(C2(C3CCCC3)COC2)cc1. The lowest BCUT2D eigenvalue weighted by Gasteiger charge is -2.46. The van der Waals surface area contributed by atoms with Gasteiger partial charge in [0.05, 0.1) is 13.2 Å². The monoisotopic (exact) mass is 231 g/mol. The van der Waals surface area contributed by atoms with Crippen molar-refractivity contribution in [2.45, 2.75) is 37.6 Å². The van der Waals surface area contributed by atoms with Gasteiger partial charge in [-0.25, -0.2) is 0 Å². The molecule has 0 atom stereocenters. The molecular formula is C15H21NO. The first-order chi connectivity index (χ1) is 8.35. The molecule has 0 amide bonds. The summed E-state index contributed by atoms with van der Waals surface area (Å²) in [4.78, 5) is 0. The van der Waals surface area contributed by atoms with Crippen LogP contribution in [0.3, 0.4) is 0 Å². The molecule has 1 aliphatic carbocycles. The van der Waals surface area contributed by atoms with Gasteiger partial charge < -0.3 is 10.5 Å². The lowest BCUT2D eigenvalue weighted by atomic mass is 9.68. The molecule has 2 fully saturated rings. The molecule has 2 aliphatic rings. The first-order valence-corrected chi connectivity index (χ1v) is 6.72. The summed E-state index contributed by atoms with van der Waals surface area (Å²) >= 11 is 0. The standard InChI is InChI=1S/C15H21NO/c16-9-12-5-7-14(8-6-12)15(10-17-11-15)13-3-1-2-4-13/h5-8,13H,1-4,9-11,16H2. The molecule has 2 heteroatoms. The van der Waals surface area contributed by atoms with E-state index in [9.17, 15) is 0 Å². The van der Waals surface area contributed by atoms with Crippen molar-refractivity contribution in [1.82, 2.24) is 0 Å². The highest BCUT2D eigenvalue weighted by Gasteiger charge is 2.47. The molecule has 0 unspecified atom stereocenters. The van der Waals surface area contributed by atoms with Gasteiger partial charge in [-0.1, -0.05) is 37.1 Å². The lowest BCUT2D eigenvalue weighted by molar-refractivity contribution is -0.0896. The fourth-order valence-corrected chi connectivity index (χ4v) is 3.41. The Morgan fingerprint density at radius 1 is 1.12 bits per heavy atom. The summed E-state index contributed by atoms with van der Waals surface area (Å²) in [7, 11) is 0. The minimum atomic E-state index is 0.323. The summed E-state index contributed by atoms with van der Waals surface area (Å²) in [6, 6.07) is 8.88.